The molecule has 19 heavy (non-hydrogen) atoms. The molecule has 0 bridgehead atoms. The number of thiophene rings is 1. The summed E-state index contributed by atoms with van der Waals surface area (Å²) in [6.45, 7) is 2.17. The fourth-order valence-electron chi connectivity index (χ4n) is 2.98. The minimum Gasteiger partial charge on any atom is -0.374 e. The van der Waals surface area contributed by atoms with Crippen molar-refractivity contribution in [3.8, 4) is 0 Å². The highest BCUT2D eigenvalue weighted by molar-refractivity contribution is 7.17. The Bertz CT molecular complexity index is 550. The molecule has 0 radical (unpaired) electrons. The molecular weight excluding hydrogens is 254 g/mol. The van der Waals surface area contributed by atoms with Crippen molar-refractivity contribution in [2.75, 3.05) is 7.05 Å². The normalized spacial score (nSPS) is 24.9. The summed E-state index contributed by atoms with van der Waals surface area (Å²) in [6.07, 6.45) is 4.19. The van der Waals surface area contributed by atoms with Crippen LogP contribution in [0.15, 0.2) is 29.6 Å². The number of hydrogen-bond donors (Lipinski definition) is 1. The number of fused-ring (bicyclic) bond motifs is 1. The van der Waals surface area contributed by atoms with Gasteiger partial charge in [-0.3, -0.25) is 0 Å². The van der Waals surface area contributed by atoms with Crippen LogP contribution in [0.3, 0.4) is 0 Å². The maximum atomic E-state index is 6.02. The highest BCUT2D eigenvalue weighted by atomic mass is 32.1. The number of nitrogens with one attached hydrogen (secondary N) is 1. The van der Waals surface area contributed by atoms with E-state index in [1.165, 1.54) is 28.5 Å². The fraction of sp³-hybridized carbons (Fsp3) is 0.500. The zero-order valence-electron chi connectivity index (χ0n) is 11.6. The SMILES string of the molecule is CNC(Cc1csc2ccccc12)C1CCC(C)O1. The van der Waals surface area contributed by atoms with E-state index in [9.17, 15) is 0 Å². The van der Waals surface area contributed by atoms with Gasteiger partial charge < -0.3 is 10.1 Å². The molecule has 0 amide bonds. The molecule has 3 heteroatoms. The van der Waals surface area contributed by atoms with E-state index in [2.05, 4.69) is 41.9 Å². The van der Waals surface area contributed by atoms with Crippen molar-refractivity contribution in [1.29, 1.82) is 0 Å². The van der Waals surface area contributed by atoms with Gasteiger partial charge in [0.25, 0.3) is 0 Å². The van der Waals surface area contributed by atoms with Gasteiger partial charge in [0.15, 0.2) is 0 Å². The van der Waals surface area contributed by atoms with Crippen LogP contribution >= 0.6 is 11.3 Å². The van der Waals surface area contributed by atoms with Gasteiger partial charge in [-0.15, -0.1) is 11.3 Å². The van der Waals surface area contributed by atoms with E-state index >= 15 is 0 Å². The summed E-state index contributed by atoms with van der Waals surface area (Å²) in [5.41, 5.74) is 1.45. The summed E-state index contributed by atoms with van der Waals surface area (Å²) >= 11 is 1.84. The Morgan fingerprint density at radius 2 is 2.21 bits per heavy atom. The third-order valence-electron chi connectivity index (χ3n) is 4.09. The lowest BCUT2D eigenvalue weighted by atomic mass is 9.99. The van der Waals surface area contributed by atoms with Gasteiger partial charge in [-0.2, -0.15) is 0 Å². The first kappa shape index (κ1) is 13.1. The Labute approximate surface area is 118 Å². The molecule has 1 saturated heterocycles. The molecule has 0 saturated carbocycles. The molecular formula is C16H21NOS. The van der Waals surface area contributed by atoms with Gasteiger partial charge in [0, 0.05) is 10.7 Å². The Morgan fingerprint density at radius 3 is 2.95 bits per heavy atom. The number of hydrogen-bond acceptors (Lipinski definition) is 3. The molecule has 2 aromatic rings. The van der Waals surface area contributed by atoms with Gasteiger partial charge in [-0.25, -0.2) is 0 Å². The molecule has 1 N–H and O–H groups in total. The number of benzene rings is 1. The summed E-state index contributed by atoms with van der Waals surface area (Å²) in [4.78, 5) is 0. The van der Waals surface area contributed by atoms with Crippen LogP contribution in [0, 0.1) is 0 Å². The Hall–Kier alpha value is -0.900. The molecule has 1 fully saturated rings. The van der Waals surface area contributed by atoms with Gasteiger partial charge in [0.2, 0.25) is 0 Å². The van der Waals surface area contributed by atoms with E-state index in [4.69, 9.17) is 4.74 Å². The maximum absolute atomic E-state index is 6.02. The molecule has 0 spiro atoms. The van der Waals surface area contributed by atoms with Crippen molar-refractivity contribution in [3.05, 3.63) is 35.2 Å². The highest BCUT2D eigenvalue weighted by Crippen LogP contribution is 2.29. The predicted molar refractivity (Wildman–Crippen MR) is 81.9 cm³/mol. The zero-order chi connectivity index (χ0) is 13.2. The van der Waals surface area contributed by atoms with Crippen molar-refractivity contribution >= 4 is 21.4 Å². The first-order valence-electron chi connectivity index (χ1n) is 7.05. The van der Waals surface area contributed by atoms with Crippen LogP contribution in [0.5, 0.6) is 0 Å². The molecule has 1 aliphatic rings. The van der Waals surface area contributed by atoms with Crippen LogP contribution in [-0.2, 0) is 11.2 Å². The fourth-order valence-corrected chi connectivity index (χ4v) is 3.95. The van der Waals surface area contributed by atoms with E-state index in [1.807, 2.05) is 18.4 Å². The van der Waals surface area contributed by atoms with Crippen LogP contribution in [0.2, 0.25) is 0 Å². The minimum atomic E-state index is 0.360. The maximum Gasteiger partial charge on any atom is 0.0735 e. The molecule has 3 unspecified atom stereocenters. The summed E-state index contributed by atoms with van der Waals surface area (Å²) in [5.74, 6) is 0. The molecule has 1 aromatic carbocycles. The second kappa shape index (κ2) is 5.61. The number of likely N-dealkylation sites (N-methyl/N-ethyl adjacent to an activating group) is 1. The first-order valence-corrected chi connectivity index (χ1v) is 7.93. The van der Waals surface area contributed by atoms with E-state index in [1.54, 1.807) is 0 Å². The largest absolute Gasteiger partial charge is 0.374 e. The standard InChI is InChI=1S/C16H21NOS/c1-11-7-8-15(18-11)14(17-2)9-12-10-19-16-6-4-3-5-13(12)16/h3-6,10-11,14-15,17H,7-9H2,1-2H3. The van der Waals surface area contributed by atoms with Gasteiger partial charge in [-0.05, 0) is 55.6 Å². The van der Waals surface area contributed by atoms with Crippen molar-refractivity contribution in [3.63, 3.8) is 0 Å². The van der Waals surface area contributed by atoms with Gasteiger partial charge >= 0.3 is 0 Å². The lowest BCUT2D eigenvalue weighted by molar-refractivity contribution is 0.0338. The second-order valence-electron chi connectivity index (χ2n) is 5.42. The van der Waals surface area contributed by atoms with Crippen molar-refractivity contribution in [1.82, 2.24) is 5.32 Å². The van der Waals surface area contributed by atoms with E-state index < -0.39 is 0 Å². The molecule has 102 valence electrons. The van der Waals surface area contributed by atoms with Crippen LogP contribution in [-0.4, -0.2) is 25.3 Å². The minimum absolute atomic E-state index is 0.360. The third-order valence-corrected chi connectivity index (χ3v) is 5.10. The van der Waals surface area contributed by atoms with Gasteiger partial charge in [0.05, 0.1) is 12.2 Å². The van der Waals surface area contributed by atoms with Crippen LogP contribution < -0.4 is 5.32 Å². The molecule has 1 aromatic heterocycles. The smallest absolute Gasteiger partial charge is 0.0735 e. The summed E-state index contributed by atoms with van der Waals surface area (Å²) in [5, 5.41) is 7.15. The second-order valence-corrected chi connectivity index (χ2v) is 6.33. The van der Waals surface area contributed by atoms with Crippen molar-refractivity contribution in [2.24, 2.45) is 0 Å². The van der Waals surface area contributed by atoms with Crippen LogP contribution in [0.1, 0.15) is 25.3 Å². The number of rotatable bonds is 4. The zero-order valence-corrected chi connectivity index (χ0v) is 12.4. The predicted octanol–water partition coefficient (Wildman–Crippen LogP) is 3.60. The Morgan fingerprint density at radius 1 is 1.37 bits per heavy atom. The lowest BCUT2D eigenvalue weighted by Gasteiger charge is -2.23. The molecule has 1 aliphatic heterocycles. The summed E-state index contributed by atoms with van der Waals surface area (Å²) < 4.78 is 7.40. The Kier molecular flexibility index (Phi) is 3.87. The summed E-state index contributed by atoms with van der Waals surface area (Å²) in [6, 6.07) is 9.09. The monoisotopic (exact) mass is 275 g/mol. The Balaban J connectivity index is 1.79. The third kappa shape index (κ3) is 2.69. The van der Waals surface area contributed by atoms with E-state index in [-0.39, 0.29) is 0 Å². The molecule has 3 rings (SSSR count). The molecule has 2 nitrogen and oxygen atoms in total. The number of ether oxygens (including phenoxy) is 1. The van der Waals surface area contributed by atoms with Gasteiger partial charge in [0.1, 0.15) is 0 Å². The summed E-state index contributed by atoms with van der Waals surface area (Å²) in [7, 11) is 2.05. The lowest BCUT2D eigenvalue weighted by Crippen LogP contribution is -2.39. The van der Waals surface area contributed by atoms with E-state index in [0.717, 1.165) is 6.42 Å². The van der Waals surface area contributed by atoms with Gasteiger partial charge in [-0.1, -0.05) is 18.2 Å². The first-order chi connectivity index (χ1) is 9.28. The van der Waals surface area contributed by atoms with E-state index in [0.29, 0.717) is 18.2 Å². The van der Waals surface area contributed by atoms with Crippen LogP contribution in [0.25, 0.3) is 10.1 Å². The average Bonchev–Trinajstić information content (AvgIpc) is 3.03. The highest BCUT2D eigenvalue weighted by Gasteiger charge is 2.29. The molecule has 3 atom stereocenters. The van der Waals surface area contributed by atoms with Crippen molar-refractivity contribution < 1.29 is 4.74 Å². The molecule has 2 heterocycles. The quantitative estimate of drug-likeness (QED) is 0.920. The molecule has 0 aliphatic carbocycles. The van der Waals surface area contributed by atoms with Crippen LogP contribution in [0.4, 0.5) is 0 Å². The topological polar surface area (TPSA) is 21.3 Å². The van der Waals surface area contributed by atoms with Crippen molar-refractivity contribution in [2.45, 2.75) is 44.4 Å². The average molecular weight is 275 g/mol.